The van der Waals surface area contributed by atoms with Gasteiger partial charge in [-0.25, -0.2) is 9.59 Å². The molecule has 144 valence electrons. The van der Waals surface area contributed by atoms with Crippen LogP contribution in [0, 0.1) is 0 Å². The van der Waals surface area contributed by atoms with Crippen LogP contribution in [0.1, 0.15) is 26.4 Å². The third-order valence-electron chi connectivity index (χ3n) is 3.30. The molecule has 0 aliphatic heterocycles. The topological polar surface area (TPSA) is 99.5 Å². The van der Waals surface area contributed by atoms with E-state index in [0.717, 1.165) is 31.2 Å². The lowest BCUT2D eigenvalue weighted by molar-refractivity contribution is -0.141. The van der Waals surface area contributed by atoms with E-state index < -0.39 is 36.3 Å². The molecule has 0 saturated heterocycles. The maximum atomic E-state index is 12.5. The largest absolute Gasteiger partial charge is 0.465 e. The van der Waals surface area contributed by atoms with E-state index in [1.165, 1.54) is 18.2 Å². The summed E-state index contributed by atoms with van der Waals surface area (Å²) in [5, 5.41) is 5.64. The highest BCUT2D eigenvalue weighted by atomic mass is 19.4. The first kappa shape index (κ1) is 19.9. The average molecular weight is 385 g/mol. The number of hydrogen-bond acceptors (Lipinski definition) is 6. The summed E-state index contributed by atoms with van der Waals surface area (Å²) in [7, 11) is 2.28. The molecule has 1 aromatic carbocycles. The summed E-state index contributed by atoms with van der Waals surface area (Å²) in [4.78, 5) is 35.4. The first-order valence-corrected chi connectivity index (χ1v) is 7.36. The minimum Gasteiger partial charge on any atom is -0.465 e. The normalized spacial score (nSPS) is 11.0. The number of methoxy groups -OCH3 is 2. The van der Waals surface area contributed by atoms with Crippen molar-refractivity contribution in [1.29, 1.82) is 0 Å². The number of hydrogen-bond donors (Lipinski definition) is 1. The zero-order valence-corrected chi connectivity index (χ0v) is 14.2. The zero-order chi connectivity index (χ0) is 20.2. The number of esters is 2. The van der Waals surface area contributed by atoms with Crippen LogP contribution in [-0.4, -0.2) is 41.8 Å². The number of rotatable bonds is 5. The van der Waals surface area contributed by atoms with Gasteiger partial charge in [-0.3, -0.25) is 9.48 Å². The molecule has 0 unspecified atom stereocenters. The number of anilines is 1. The van der Waals surface area contributed by atoms with Crippen molar-refractivity contribution < 1.29 is 37.0 Å². The molecule has 0 aliphatic rings. The van der Waals surface area contributed by atoms with Crippen molar-refractivity contribution in [2.45, 2.75) is 12.7 Å². The maximum absolute atomic E-state index is 12.5. The second kappa shape index (κ2) is 7.89. The van der Waals surface area contributed by atoms with Crippen molar-refractivity contribution in [1.82, 2.24) is 9.78 Å². The molecule has 1 amide bonds. The van der Waals surface area contributed by atoms with Crippen LogP contribution in [0.4, 0.5) is 18.9 Å². The van der Waals surface area contributed by atoms with Gasteiger partial charge in [-0.15, -0.1) is 0 Å². The van der Waals surface area contributed by atoms with Gasteiger partial charge >= 0.3 is 18.1 Å². The zero-order valence-electron chi connectivity index (χ0n) is 14.2. The number of carbonyl (C=O) groups is 3. The quantitative estimate of drug-likeness (QED) is 0.792. The Kier molecular flexibility index (Phi) is 5.83. The van der Waals surface area contributed by atoms with Crippen molar-refractivity contribution in [2.24, 2.45) is 0 Å². The summed E-state index contributed by atoms with van der Waals surface area (Å²) in [6.07, 6.45) is -3.61. The Balaban J connectivity index is 2.19. The van der Waals surface area contributed by atoms with Crippen LogP contribution in [0.2, 0.25) is 0 Å². The van der Waals surface area contributed by atoms with E-state index >= 15 is 0 Å². The molecule has 0 spiro atoms. The molecule has 1 aromatic heterocycles. The minimum absolute atomic E-state index is 0.0193. The summed E-state index contributed by atoms with van der Waals surface area (Å²) in [6.45, 7) is -0.508. The van der Waals surface area contributed by atoms with Gasteiger partial charge in [0.05, 0.1) is 25.3 Å². The molecule has 0 aliphatic carbocycles. The molecule has 0 atom stereocenters. The Bertz CT molecular complexity index is 842. The Labute approximate surface area is 150 Å². The number of nitrogens with zero attached hydrogens (tertiary/aromatic N) is 2. The molecule has 0 fully saturated rings. The van der Waals surface area contributed by atoms with E-state index in [1.807, 2.05) is 0 Å². The van der Waals surface area contributed by atoms with Gasteiger partial charge in [0, 0.05) is 11.9 Å². The summed E-state index contributed by atoms with van der Waals surface area (Å²) >= 11 is 0. The van der Waals surface area contributed by atoms with Crippen LogP contribution < -0.4 is 5.32 Å². The predicted octanol–water partition coefficient (Wildman–Crippen LogP) is 2.11. The maximum Gasteiger partial charge on any atom is 0.435 e. The SMILES string of the molecule is COC(=O)c1cc(NC(=O)Cn2ccc(C(F)(F)F)n2)cc(C(=O)OC)c1. The number of alkyl halides is 3. The lowest BCUT2D eigenvalue weighted by Crippen LogP contribution is -2.20. The van der Waals surface area contributed by atoms with E-state index in [2.05, 4.69) is 19.9 Å². The van der Waals surface area contributed by atoms with Crippen LogP contribution >= 0.6 is 0 Å². The summed E-state index contributed by atoms with van der Waals surface area (Å²) in [5.74, 6) is -2.22. The van der Waals surface area contributed by atoms with Gasteiger partial charge in [0.25, 0.3) is 0 Å². The fourth-order valence-corrected chi connectivity index (χ4v) is 2.12. The van der Waals surface area contributed by atoms with Gasteiger partial charge in [0.15, 0.2) is 5.69 Å². The van der Waals surface area contributed by atoms with Crippen molar-refractivity contribution in [3.05, 3.63) is 47.3 Å². The van der Waals surface area contributed by atoms with Gasteiger partial charge in [-0.1, -0.05) is 0 Å². The molecule has 1 heterocycles. The summed E-state index contributed by atoms with van der Waals surface area (Å²) in [5.41, 5.74) is -1.11. The van der Waals surface area contributed by atoms with Crippen LogP contribution in [0.15, 0.2) is 30.5 Å². The number of amides is 1. The number of halogens is 3. The van der Waals surface area contributed by atoms with Crippen molar-refractivity contribution in [3.8, 4) is 0 Å². The second-order valence-corrected chi connectivity index (χ2v) is 5.23. The van der Waals surface area contributed by atoms with E-state index in [4.69, 9.17) is 0 Å². The minimum atomic E-state index is -4.62. The first-order chi connectivity index (χ1) is 12.6. The smallest absolute Gasteiger partial charge is 0.435 e. The number of aromatic nitrogens is 2. The van der Waals surface area contributed by atoms with E-state index in [9.17, 15) is 27.6 Å². The van der Waals surface area contributed by atoms with Crippen LogP contribution in [0.25, 0.3) is 0 Å². The highest BCUT2D eigenvalue weighted by molar-refractivity contribution is 5.99. The van der Waals surface area contributed by atoms with E-state index in [1.54, 1.807) is 0 Å². The number of ether oxygens (including phenoxy) is 2. The molecule has 0 bridgehead atoms. The third kappa shape index (κ3) is 5.06. The van der Waals surface area contributed by atoms with Crippen LogP contribution in [-0.2, 0) is 27.0 Å². The first-order valence-electron chi connectivity index (χ1n) is 7.36. The Morgan fingerprint density at radius 3 is 2.07 bits per heavy atom. The molecule has 11 heteroatoms. The third-order valence-corrected chi connectivity index (χ3v) is 3.30. The predicted molar refractivity (Wildman–Crippen MR) is 85.0 cm³/mol. The second-order valence-electron chi connectivity index (χ2n) is 5.23. The van der Waals surface area contributed by atoms with Crippen molar-refractivity contribution in [2.75, 3.05) is 19.5 Å². The Hall–Kier alpha value is -3.37. The van der Waals surface area contributed by atoms with Gasteiger partial charge in [-0.05, 0) is 24.3 Å². The van der Waals surface area contributed by atoms with Crippen LogP contribution in [0.5, 0.6) is 0 Å². The van der Waals surface area contributed by atoms with Crippen LogP contribution in [0.3, 0.4) is 0 Å². The monoisotopic (exact) mass is 385 g/mol. The average Bonchev–Trinajstić information content (AvgIpc) is 3.08. The lowest BCUT2D eigenvalue weighted by atomic mass is 10.1. The fourth-order valence-electron chi connectivity index (χ4n) is 2.12. The van der Waals surface area contributed by atoms with Crippen molar-refractivity contribution >= 4 is 23.5 Å². The number of benzene rings is 1. The molecule has 2 rings (SSSR count). The molecule has 1 N–H and O–H groups in total. The molecular weight excluding hydrogens is 371 g/mol. The van der Waals surface area contributed by atoms with E-state index in [-0.39, 0.29) is 16.8 Å². The Morgan fingerprint density at radius 2 is 1.63 bits per heavy atom. The fraction of sp³-hybridized carbons (Fsp3) is 0.250. The number of nitrogens with one attached hydrogen (secondary N) is 1. The Morgan fingerprint density at radius 1 is 1.07 bits per heavy atom. The molecule has 2 aromatic rings. The molecule has 0 radical (unpaired) electrons. The summed E-state index contributed by atoms with van der Waals surface area (Å²) in [6, 6.07) is 4.46. The molecular formula is C16H14F3N3O5. The van der Waals surface area contributed by atoms with Gasteiger partial charge in [0.1, 0.15) is 6.54 Å². The molecule has 0 saturated carbocycles. The highest BCUT2D eigenvalue weighted by Gasteiger charge is 2.33. The summed E-state index contributed by atoms with van der Waals surface area (Å²) < 4.78 is 47.5. The van der Waals surface area contributed by atoms with E-state index in [0.29, 0.717) is 0 Å². The van der Waals surface area contributed by atoms with Gasteiger partial charge in [-0.2, -0.15) is 18.3 Å². The van der Waals surface area contributed by atoms with Gasteiger partial charge in [0.2, 0.25) is 5.91 Å². The molecule has 27 heavy (non-hydrogen) atoms. The van der Waals surface area contributed by atoms with Gasteiger partial charge < -0.3 is 14.8 Å². The number of carbonyl (C=O) groups excluding carboxylic acids is 3. The van der Waals surface area contributed by atoms with Crippen molar-refractivity contribution in [3.63, 3.8) is 0 Å². The molecule has 8 nitrogen and oxygen atoms in total. The highest BCUT2D eigenvalue weighted by Crippen LogP contribution is 2.27. The lowest BCUT2D eigenvalue weighted by Gasteiger charge is -2.10. The standard InChI is InChI=1S/C16H14F3N3O5/c1-26-14(24)9-5-10(15(25)27-2)7-11(6-9)20-13(23)8-22-4-3-12(21-22)16(17,18)19/h3-7H,8H2,1-2H3,(H,20,23).